The van der Waals surface area contributed by atoms with Crippen molar-refractivity contribution in [2.75, 3.05) is 13.7 Å². The van der Waals surface area contributed by atoms with Gasteiger partial charge in [0, 0.05) is 12.0 Å². The molecule has 2 aliphatic rings. The maximum Gasteiger partial charge on any atom is 0.122 e. The van der Waals surface area contributed by atoms with Crippen LogP contribution in [0, 0.1) is 5.92 Å². The molecule has 3 rings (SSSR count). The molecular formula is C18H27NO. The van der Waals surface area contributed by atoms with E-state index in [1.807, 2.05) is 0 Å². The third kappa shape index (κ3) is 2.85. The third-order valence-electron chi connectivity index (χ3n) is 5.18. The maximum atomic E-state index is 5.83. The van der Waals surface area contributed by atoms with Gasteiger partial charge in [0.25, 0.3) is 0 Å². The number of ether oxygens (including phenoxy) is 1. The first-order valence-corrected chi connectivity index (χ1v) is 8.29. The second-order valence-electron chi connectivity index (χ2n) is 6.35. The highest BCUT2D eigenvalue weighted by molar-refractivity contribution is 5.38. The molecule has 1 aromatic carbocycles. The van der Waals surface area contributed by atoms with E-state index >= 15 is 0 Å². The molecule has 0 radical (unpaired) electrons. The van der Waals surface area contributed by atoms with Crippen LogP contribution in [0.4, 0.5) is 0 Å². The first kappa shape index (κ1) is 13.9. The molecule has 2 atom stereocenters. The first-order chi connectivity index (χ1) is 9.90. The highest BCUT2D eigenvalue weighted by atomic mass is 16.5. The number of likely N-dealkylation sites (N-methyl/N-ethyl adjacent to an activating group) is 1. The molecule has 1 heterocycles. The van der Waals surface area contributed by atoms with Crippen LogP contribution < -0.4 is 10.1 Å². The number of fused-ring (bicyclic) bond motifs is 1. The minimum absolute atomic E-state index is 0.609. The molecule has 1 saturated carbocycles. The summed E-state index contributed by atoms with van der Waals surface area (Å²) in [6, 6.07) is 9.24. The van der Waals surface area contributed by atoms with Gasteiger partial charge >= 0.3 is 0 Å². The SMILES string of the molecule is CNC(C1CCCCCC1)C1CCOc2ccccc21. The lowest BCUT2D eigenvalue weighted by Crippen LogP contribution is -2.40. The summed E-state index contributed by atoms with van der Waals surface area (Å²) in [6.07, 6.45) is 9.62. The number of hydrogen-bond acceptors (Lipinski definition) is 2. The predicted octanol–water partition coefficient (Wildman–Crippen LogP) is 4.11. The van der Waals surface area contributed by atoms with Crippen LogP contribution in [0.1, 0.15) is 56.4 Å². The van der Waals surface area contributed by atoms with Gasteiger partial charge in [0.1, 0.15) is 5.75 Å². The monoisotopic (exact) mass is 273 g/mol. The quantitative estimate of drug-likeness (QED) is 0.837. The van der Waals surface area contributed by atoms with Crippen molar-refractivity contribution in [3.8, 4) is 5.75 Å². The highest BCUT2D eigenvalue weighted by Crippen LogP contribution is 2.40. The second kappa shape index (κ2) is 6.62. The number of nitrogens with one attached hydrogen (secondary N) is 1. The molecule has 1 fully saturated rings. The summed E-state index contributed by atoms with van der Waals surface area (Å²) in [5.41, 5.74) is 1.42. The van der Waals surface area contributed by atoms with Gasteiger partial charge in [-0.05, 0) is 43.9 Å². The molecule has 1 aliphatic carbocycles. The number of para-hydroxylation sites is 1. The Kier molecular flexibility index (Phi) is 4.62. The van der Waals surface area contributed by atoms with Crippen molar-refractivity contribution in [2.24, 2.45) is 5.92 Å². The Labute approximate surface area is 122 Å². The van der Waals surface area contributed by atoms with Crippen LogP contribution in [0.5, 0.6) is 5.75 Å². The van der Waals surface area contributed by atoms with Crippen molar-refractivity contribution < 1.29 is 4.74 Å². The van der Waals surface area contributed by atoms with E-state index in [1.54, 1.807) is 0 Å². The van der Waals surface area contributed by atoms with E-state index in [0.717, 1.165) is 24.7 Å². The molecule has 0 bridgehead atoms. The fourth-order valence-electron chi connectivity index (χ4n) is 4.18. The fraction of sp³-hybridized carbons (Fsp3) is 0.667. The molecule has 1 N–H and O–H groups in total. The summed E-state index contributed by atoms with van der Waals surface area (Å²) < 4.78 is 5.83. The second-order valence-corrected chi connectivity index (χ2v) is 6.35. The van der Waals surface area contributed by atoms with Crippen LogP contribution in [0.25, 0.3) is 0 Å². The topological polar surface area (TPSA) is 21.3 Å². The van der Waals surface area contributed by atoms with Crippen molar-refractivity contribution in [3.05, 3.63) is 29.8 Å². The summed E-state index contributed by atoms with van der Waals surface area (Å²) in [5, 5.41) is 3.65. The van der Waals surface area contributed by atoms with E-state index in [1.165, 1.54) is 44.1 Å². The van der Waals surface area contributed by atoms with Crippen molar-refractivity contribution in [1.29, 1.82) is 0 Å². The standard InChI is InChI=1S/C18H27NO/c1-19-18(14-8-4-2-3-5-9-14)16-12-13-20-17-11-7-6-10-15(16)17/h6-7,10-11,14,16,18-19H,2-5,8-9,12-13H2,1H3. The number of rotatable bonds is 3. The maximum absolute atomic E-state index is 5.83. The van der Waals surface area contributed by atoms with Crippen molar-refractivity contribution >= 4 is 0 Å². The lowest BCUT2D eigenvalue weighted by Gasteiger charge is -2.36. The van der Waals surface area contributed by atoms with E-state index in [2.05, 4.69) is 36.6 Å². The van der Waals surface area contributed by atoms with E-state index in [9.17, 15) is 0 Å². The molecular weight excluding hydrogens is 246 g/mol. The number of hydrogen-bond donors (Lipinski definition) is 1. The van der Waals surface area contributed by atoms with E-state index in [-0.39, 0.29) is 0 Å². The molecule has 0 spiro atoms. The lowest BCUT2D eigenvalue weighted by molar-refractivity contribution is 0.213. The summed E-state index contributed by atoms with van der Waals surface area (Å²) in [5.74, 6) is 2.56. The van der Waals surface area contributed by atoms with Gasteiger partial charge in [-0.15, -0.1) is 0 Å². The van der Waals surface area contributed by atoms with Gasteiger partial charge in [-0.3, -0.25) is 0 Å². The lowest BCUT2D eigenvalue weighted by atomic mass is 9.77. The van der Waals surface area contributed by atoms with Gasteiger partial charge in [-0.25, -0.2) is 0 Å². The summed E-state index contributed by atoms with van der Waals surface area (Å²) in [4.78, 5) is 0. The molecule has 1 aromatic rings. The zero-order valence-corrected chi connectivity index (χ0v) is 12.6. The van der Waals surface area contributed by atoms with Crippen molar-refractivity contribution in [1.82, 2.24) is 5.32 Å². The largest absolute Gasteiger partial charge is 0.493 e. The molecule has 0 aromatic heterocycles. The van der Waals surface area contributed by atoms with Crippen molar-refractivity contribution in [3.63, 3.8) is 0 Å². The molecule has 20 heavy (non-hydrogen) atoms. The van der Waals surface area contributed by atoms with Crippen LogP contribution in [0.15, 0.2) is 24.3 Å². The number of benzene rings is 1. The minimum Gasteiger partial charge on any atom is -0.493 e. The Hall–Kier alpha value is -1.02. The van der Waals surface area contributed by atoms with Crippen LogP contribution in [0.3, 0.4) is 0 Å². The molecule has 1 aliphatic heterocycles. The van der Waals surface area contributed by atoms with Crippen LogP contribution >= 0.6 is 0 Å². The predicted molar refractivity (Wildman–Crippen MR) is 83.3 cm³/mol. The van der Waals surface area contributed by atoms with Crippen LogP contribution in [0.2, 0.25) is 0 Å². The molecule has 2 unspecified atom stereocenters. The Balaban J connectivity index is 1.82. The van der Waals surface area contributed by atoms with E-state index in [0.29, 0.717) is 12.0 Å². The van der Waals surface area contributed by atoms with Crippen LogP contribution in [-0.2, 0) is 0 Å². The normalized spacial score (nSPS) is 25.4. The fourth-order valence-corrected chi connectivity index (χ4v) is 4.18. The minimum atomic E-state index is 0.609. The summed E-state index contributed by atoms with van der Waals surface area (Å²) in [6.45, 7) is 0.868. The molecule has 2 heteroatoms. The average molecular weight is 273 g/mol. The summed E-state index contributed by atoms with van der Waals surface area (Å²) in [7, 11) is 2.15. The van der Waals surface area contributed by atoms with Gasteiger partial charge in [0.2, 0.25) is 0 Å². The van der Waals surface area contributed by atoms with Gasteiger partial charge in [-0.2, -0.15) is 0 Å². The molecule has 0 saturated heterocycles. The Morgan fingerprint density at radius 3 is 2.55 bits per heavy atom. The van der Waals surface area contributed by atoms with E-state index in [4.69, 9.17) is 4.74 Å². The van der Waals surface area contributed by atoms with Gasteiger partial charge in [0.15, 0.2) is 0 Å². The summed E-state index contributed by atoms with van der Waals surface area (Å²) >= 11 is 0. The van der Waals surface area contributed by atoms with Gasteiger partial charge in [-0.1, -0.05) is 43.9 Å². The van der Waals surface area contributed by atoms with Gasteiger partial charge < -0.3 is 10.1 Å². The zero-order chi connectivity index (χ0) is 13.8. The Bertz CT molecular complexity index is 423. The Morgan fingerprint density at radius 1 is 1.05 bits per heavy atom. The molecule has 2 nitrogen and oxygen atoms in total. The van der Waals surface area contributed by atoms with Gasteiger partial charge in [0.05, 0.1) is 6.61 Å². The Morgan fingerprint density at radius 2 is 1.80 bits per heavy atom. The smallest absolute Gasteiger partial charge is 0.122 e. The molecule has 110 valence electrons. The zero-order valence-electron chi connectivity index (χ0n) is 12.6. The van der Waals surface area contributed by atoms with Crippen LogP contribution in [-0.4, -0.2) is 19.7 Å². The average Bonchev–Trinajstić information content (AvgIpc) is 2.78. The first-order valence-electron chi connectivity index (χ1n) is 8.29. The molecule has 0 amide bonds. The highest BCUT2D eigenvalue weighted by Gasteiger charge is 2.33. The van der Waals surface area contributed by atoms with Crippen molar-refractivity contribution in [2.45, 2.75) is 56.9 Å². The third-order valence-corrected chi connectivity index (χ3v) is 5.18. The van der Waals surface area contributed by atoms with E-state index < -0.39 is 0 Å².